The molecule has 1 heterocycles. The third-order valence-electron chi connectivity index (χ3n) is 4.89. The third kappa shape index (κ3) is 3.73. The van der Waals surface area contributed by atoms with E-state index in [1.165, 1.54) is 4.88 Å². The molecule has 1 fully saturated rings. The van der Waals surface area contributed by atoms with Gasteiger partial charge < -0.3 is 15.4 Å². The standard InChI is InChI=1S/C15H26N4OS.HI/c1-10-8-17-12(21-10)9-18-13(16-5)19-11-7-15(4,20-6)14(11,2)3;/h8,11H,7,9H2,1-6H3,(H2,16,18,19);1H. The van der Waals surface area contributed by atoms with Gasteiger partial charge in [0.25, 0.3) is 0 Å². The van der Waals surface area contributed by atoms with E-state index in [4.69, 9.17) is 4.74 Å². The van der Waals surface area contributed by atoms with Crippen LogP contribution in [0.25, 0.3) is 0 Å². The van der Waals surface area contributed by atoms with Crippen molar-refractivity contribution in [3.8, 4) is 0 Å². The molecular weight excluding hydrogens is 411 g/mol. The molecule has 0 amide bonds. The molecule has 2 rings (SSSR count). The number of aliphatic imine (C=N–C) groups is 1. The van der Waals surface area contributed by atoms with E-state index in [0.717, 1.165) is 17.4 Å². The summed E-state index contributed by atoms with van der Waals surface area (Å²) in [5, 5.41) is 7.90. The van der Waals surface area contributed by atoms with Crippen molar-refractivity contribution in [1.82, 2.24) is 15.6 Å². The zero-order chi connectivity index (χ0) is 15.7. The van der Waals surface area contributed by atoms with Crippen LogP contribution in [0.4, 0.5) is 0 Å². The van der Waals surface area contributed by atoms with E-state index in [9.17, 15) is 0 Å². The molecule has 0 saturated heterocycles. The molecular formula is C15H27IN4OS. The average molecular weight is 438 g/mol. The Morgan fingerprint density at radius 2 is 2.18 bits per heavy atom. The third-order valence-corrected chi connectivity index (χ3v) is 5.80. The summed E-state index contributed by atoms with van der Waals surface area (Å²) in [5.41, 5.74) is -0.00687. The van der Waals surface area contributed by atoms with Gasteiger partial charge in [0.05, 0.1) is 12.1 Å². The lowest BCUT2D eigenvalue weighted by Gasteiger charge is -2.59. The highest BCUT2D eigenvalue weighted by Crippen LogP contribution is 2.51. The molecule has 2 atom stereocenters. The number of hydrogen-bond donors (Lipinski definition) is 2. The Morgan fingerprint density at radius 1 is 1.50 bits per heavy atom. The van der Waals surface area contributed by atoms with Crippen LogP contribution in [0.3, 0.4) is 0 Å². The SMILES string of the molecule is CN=C(NCc1ncc(C)s1)NC1CC(C)(OC)C1(C)C.I. The minimum atomic E-state index is -0.0735. The number of aromatic nitrogens is 1. The summed E-state index contributed by atoms with van der Waals surface area (Å²) >= 11 is 1.71. The number of ether oxygens (including phenoxy) is 1. The second kappa shape index (κ2) is 7.44. The Morgan fingerprint density at radius 3 is 2.64 bits per heavy atom. The average Bonchev–Trinajstić information content (AvgIpc) is 2.87. The minimum Gasteiger partial charge on any atom is -0.378 e. The quantitative estimate of drug-likeness (QED) is 0.431. The molecule has 0 aromatic carbocycles. The Hall–Kier alpha value is -0.410. The normalized spacial score (nSPS) is 26.8. The van der Waals surface area contributed by atoms with Gasteiger partial charge in [-0.2, -0.15) is 0 Å². The second-order valence-corrected chi connectivity index (χ2v) is 7.67. The van der Waals surface area contributed by atoms with E-state index in [1.807, 2.05) is 6.20 Å². The number of thiazole rings is 1. The van der Waals surface area contributed by atoms with Gasteiger partial charge in [-0.15, -0.1) is 35.3 Å². The summed E-state index contributed by atoms with van der Waals surface area (Å²) in [6.07, 6.45) is 2.88. The molecule has 5 nitrogen and oxygen atoms in total. The van der Waals surface area contributed by atoms with Gasteiger partial charge in [-0.05, 0) is 20.3 Å². The van der Waals surface area contributed by atoms with Crippen molar-refractivity contribution < 1.29 is 4.74 Å². The van der Waals surface area contributed by atoms with Crippen molar-refractivity contribution in [3.63, 3.8) is 0 Å². The van der Waals surface area contributed by atoms with Gasteiger partial charge in [-0.3, -0.25) is 4.99 Å². The van der Waals surface area contributed by atoms with Crippen LogP contribution in [0.2, 0.25) is 0 Å². The highest BCUT2D eigenvalue weighted by molar-refractivity contribution is 14.0. The summed E-state index contributed by atoms with van der Waals surface area (Å²) in [4.78, 5) is 9.88. The zero-order valence-electron chi connectivity index (χ0n) is 14.2. The van der Waals surface area contributed by atoms with Crippen molar-refractivity contribution in [2.24, 2.45) is 10.4 Å². The van der Waals surface area contributed by atoms with Crippen molar-refractivity contribution in [2.75, 3.05) is 14.2 Å². The minimum absolute atomic E-state index is 0. The molecule has 0 spiro atoms. The Bertz CT molecular complexity index is 531. The molecule has 22 heavy (non-hydrogen) atoms. The summed E-state index contributed by atoms with van der Waals surface area (Å²) < 4.78 is 5.66. The van der Waals surface area contributed by atoms with E-state index in [1.54, 1.807) is 25.5 Å². The van der Waals surface area contributed by atoms with Crippen LogP contribution < -0.4 is 10.6 Å². The van der Waals surface area contributed by atoms with Crippen LogP contribution in [-0.2, 0) is 11.3 Å². The number of halogens is 1. The fourth-order valence-electron chi connectivity index (χ4n) is 2.73. The summed E-state index contributed by atoms with van der Waals surface area (Å²) in [6, 6.07) is 0.353. The van der Waals surface area contributed by atoms with Gasteiger partial charge in [0.2, 0.25) is 0 Å². The molecule has 1 aliphatic rings. The fourth-order valence-corrected chi connectivity index (χ4v) is 3.45. The van der Waals surface area contributed by atoms with Gasteiger partial charge in [0, 0.05) is 36.7 Å². The number of nitrogens with zero attached hydrogens (tertiary/aromatic N) is 2. The van der Waals surface area contributed by atoms with E-state index in [2.05, 4.69) is 48.3 Å². The molecule has 0 radical (unpaired) electrons. The Labute approximate surface area is 154 Å². The molecule has 1 saturated carbocycles. The Kier molecular flexibility index (Phi) is 6.64. The summed E-state index contributed by atoms with van der Waals surface area (Å²) in [7, 11) is 3.58. The topological polar surface area (TPSA) is 58.5 Å². The van der Waals surface area contributed by atoms with Crippen molar-refractivity contribution in [2.45, 2.75) is 52.3 Å². The highest BCUT2D eigenvalue weighted by Gasteiger charge is 2.58. The largest absolute Gasteiger partial charge is 0.378 e. The van der Waals surface area contributed by atoms with Crippen LogP contribution in [0.15, 0.2) is 11.2 Å². The van der Waals surface area contributed by atoms with Gasteiger partial charge in [-0.1, -0.05) is 13.8 Å². The van der Waals surface area contributed by atoms with Gasteiger partial charge in [-0.25, -0.2) is 4.98 Å². The van der Waals surface area contributed by atoms with E-state index < -0.39 is 0 Å². The van der Waals surface area contributed by atoms with Gasteiger partial charge >= 0.3 is 0 Å². The Balaban J connectivity index is 0.00000242. The zero-order valence-corrected chi connectivity index (χ0v) is 17.3. The number of rotatable bonds is 4. The molecule has 1 aromatic heterocycles. The maximum absolute atomic E-state index is 5.66. The molecule has 0 bridgehead atoms. The molecule has 0 aliphatic heterocycles. The maximum atomic E-state index is 5.66. The first-order valence-corrected chi connectivity index (χ1v) is 8.07. The molecule has 7 heteroatoms. The smallest absolute Gasteiger partial charge is 0.191 e. The lowest BCUT2D eigenvalue weighted by molar-refractivity contribution is -0.176. The van der Waals surface area contributed by atoms with Crippen molar-refractivity contribution in [1.29, 1.82) is 0 Å². The first-order valence-electron chi connectivity index (χ1n) is 7.26. The number of guanidine groups is 1. The van der Waals surface area contributed by atoms with Crippen LogP contribution in [0, 0.1) is 12.3 Å². The lowest BCUT2D eigenvalue weighted by Crippen LogP contribution is -2.69. The van der Waals surface area contributed by atoms with Gasteiger partial charge in [0.1, 0.15) is 5.01 Å². The molecule has 126 valence electrons. The van der Waals surface area contributed by atoms with E-state index in [-0.39, 0.29) is 35.0 Å². The molecule has 1 aliphatic carbocycles. The predicted octanol–water partition coefficient (Wildman–Crippen LogP) is 2.94. The van der Waals surface area contributed by atoms with Crippen LogP contribution >= 0.6 is 35.3 Å². The van der Waals surface area contributed by atoms with Crippen LogP contribution in [0.1, 0.15) is 37.1 Å². The van der Waals surface area contributed by atoms with Crippen molar-refractivity contribution >= 4 is 41.3 Å². The summed E-state index contributed by atoms with van der Waals surface area (Å²) in [5.74, 6) is 0.819. The lowest BCUT2D eigenvalue weighted by atomic mass is 9.56. The molecule has 2 unspecified atom stereocenters. The highest BCUT2D eigenvalue weighted by atomic mass is 127. The van der Waals surface area contributed by atoms with E-state index >= 15 is 0 Å². The van der Waals surface area contributed by atoms with E-state index in [0.29, 0.717) is 12.6 Å². The number of methoxy groups -OCH3 is 1. The summed E-state index contributed by atoms with van der Waals surface area (Å²) in [6.45, 7) is 9.40. The number of aryl methyl sites for hydroxylation is 1. The first-order chi connectivity index (χ1) is 9.82. The maximum Gasteiger partial charge on any atom is 0.191 e. The fraction of sp³-hybridized carbons (Fsp3) is 0.733. The number of hydrogen-bond acceptors (Lipinski definition) is 4. The predicted molar refractivity (Wildman–Crippen MR) is 103 cm³/mol. The monoisotopic (exact) mass is 438 g/mol. The molecule has 1 aromatic rings. The van der Waals surface area contributed by atoms with Gasteiger partial charge in [0.15, 0.2) is 5.96 Å². The van der Waals surface area contributed by atoms with Crippen LogP contribution in [0.5, 0.6) is 0 Å². The molecule has 2 N–H and O–H groups in total. The second-order valence-electron chi connectivity index (χ2n) is 6.35. The number of nitrogens with one attached hydrogen (secondary N) is 2. The van der Waals surface area contributed by atoms with Crippen LogP contribution in [-0.4, -0.2) is 36.7 Å². The van der Waals surface area contributed by atoms with Crippen molar-refractivity contribution in [3.05, 3.63) is 16.1 Å². The first kappa shape index (κ1) is 19.6.